The summed E-state index contributed by atoms with van der Waals surface area (Å²) >= 11 is 1.79. The fourth-order valence-corrected chi connectivity index (χ4v) is 3.89. The third-order valence-electron chi connectivity index (χ3n) is 3.41. The molecule has 2 aliphatic rings. The highest BCUT2D eigenvalue weighted by Crippen LogP contribution is 2.31. The Balaban J connectivity index is 1.69. The van der Waals surface area contributed by atoms with Gasteiger partial charge in [-0.25, -0.2) is 0 Å². The van der Waals surface area contributed by atoms with E-state index in [9.17, 15) is 4.79 Å². The molecule has 0 aromatic rings. The predicted molar refractivity (Wildman–Crippen MR) is 81.6 cm³/mol. The number of hydrogen-bond acceptors (Lipinski definition) is 4. The molecule has 1 amide bonds. The molecule has 0 aliphatic carbocycles. The van der Waals surface area contributed by atoms with Crippen LogP contribution in [0.4, 0.5) is 0 Å². The van der Waals surface area contributed by atoms with Crippen LogP contribution >= 0.6 is 11.8 Å². The number of thioether (sulfide) groups is 1. The summed E-state index contributed by atoms with van der Waals surface area (Å²) in [5.74, 6) is 0.208. The van der Waals surface area contributed by atoms with E-state index < -0.39 is 0 Å². The van der Waals surface area contributed by atoms with Crippen LogP contribution in [0.1, 0.15) is 40.0 Å². The molecule has 5 heteroatoms. The van der Waals surface area contributed by atoms with Crippen molar-refractivity contribution in [3.05, 3.63) is 0 Å². The topological polar surface area (TPSA) is 44.7 Å². The monoisotopic (exact) mass is 283 g/mol. The van der Waals surface area contributed by atoms with Crippen molar-refractivity contribution in [3.63, 3.8) is 0 Å². The van der Waals surface area contributed by atoms with E-state index >= 15 is 0 Å². The molecular formula is C14H25N3OS. The van der Waals surface area contributed by atoms with Crippen molar-refractivity contribution in [2.45, 2.75) is 45.3 Å². The Morgan fingerprint density at radius 3 is 2.74 bits per heavy atom. The molecule has 0 spiro atoms. The Kier molecular flexibility index (Phi) is 4.76. The average Bonchev–Trinajstić information content (AvgIpc) is 2.94. The molecule has 108 valence electrons. The Labute approximate surface area is 120 Å². The number of amidine groups is 1. The lowest BCUT2D eigenvalue weighted by molar-refractivity contribution is -0.128. The van der Waals surface area contributed by atoms with Gasteiger partial charge in [0.1, 0.15) is 0 Å². The summed E-state index contributed by atoms with van der Waals surface area (Å²) in [6.07, 6.45) is 3.45. The van der Waals surface area contributed by atoms with E-state index in [4.69, 9.17) is 0 Å². The number of rotatable bonds is 3. The first-order valence-electron chi connectivity index (χ1n) is 7.17. The first kappa shape index (κ1) is 14.7. The molecule has 1 fully saturated rings. The fraction of sp³-hybridized carbons (Fsp3) is 0.857. The van der Waals surface area contributed by atoms with Gasteiger partial charge in [0.15, 0.2) is 5.17 Å². The minimum absolute atomic E-state index is 0.208. The van der Waals surface area contributed by atoms with Gasteiger partial charge < -0.3 is 10.2 Å². The number of aliphatic imine (C=N–C) groups is 1. The van der Waals surface area contributed by atoms with E-state index in [1.807, 2.05) is 4.90 Å². The van der Waals surface area contributed by atoms with E-state index in [1.165, 1.54) is 0 Å². The van der Waals surface area contributed by atoms with E-state index in [0.29, 0.717) is 17.2 Å². The zero-order valence-electron chi connectivity index (χ0n) is 12.2. The van der Waals surface area contributed by atoms with Gasteiger partial charge in [-0.15, -0.1) is 0 Å². The molecule has 1 N–H and O–H groups in total. The van der Waals surface area contributed by atoms with Crippen molar-refractivity contribution in [2.24, 2.45) is 10.4 Å². The molecule has 0 saturated carbocycles. The lowest BCUT2D eigenvalue weighted by atomic mass is 9.90. The Morgan fingerprint density at radius 2 is 2.11 bits per heavy atom. The zero-order valence-corrected chi connectivity index (χ0v) is 13.1. The Morgan fingerprint density at radius 1 is 1.42 bits per heavy atom. The molecule has 19 heavy (non-hydrogen) atoms. The van der Waals surface area contributed by atoms with Crippen molar-refractivity contribution < 1.29 is 4.79 Å². The lowest BCUT2D eigenvalue weighted by Gasteiger charge is -2.21. The second-order valence-electron chi connectivity index (χ2n) is 6.59. The van der Waals surface area contributed by atoms with Crippen molar-refractivity contribution in [1.82, 2.24) is 10.2 Å². The molecule has 0 radical (unpaired) electrons. The van der Waals surface area contributed by atoms with Crippen LogP contribution in [-0.2, 0) is 4.79 Å². The molecule has 0 aromatic heterocycles. The van der Waals surface area contributed by atoms with Gasteiger partial charge in [0.25, 0.3) is 0 Å². The van der Waals surface area contributed by atoms with Gasteiger partial charge in [-0.2, -0.15) is 0 Å². The third kappa shape index (κ3) is 4.71. The quantitative estimate of drug-likeness (QED) is 0.863. The van der Waals surface area contributed by atoms with Crippen molar-refractivity contribution in [3.8, 4) is 0 Å². The molecule has 1 unspecified atom stereocenters. The summed E-state index contributed by atoms with van der Waals surface area (Å²) in [6.45, 7) is 9.90. The number of amides is 1. The Hall–Kier alpha value is -0.710. The van der Waals surface area contributed by atoms with Crippen LogP contribution < -0.4 is 5.32 Å². The summed E-state index contributed by atoms with van der Waals surface area (Å²) in [7, 11) is 0. The van der Waals surface area contributed by atoms with Crippen LogP contribution in [0.2, 0.25) is 0 Å². The van der Waals surface area contributed by atoms with Gasteiger partial charge >= 0.3 is 0 Å². The van der Waals surface area contributed by atoms with E-state index in [2.05, 4.69) is 31.1 Å². The number of nitrogens with zero attached hydrogens (tertiary/aromatic N) is 2. The van der Waals surface area contributed by atoms with Gasteiger partial charge in [0.2, 0.25) is 5.91 Å². The number of carbonyl (C=O) groups is 1. The first-order valence-corrected chi connectivity index (χ1v) is 8.05. The number of likely N-dealkylation sites (tertiary alicyclic amines) is 1. The zero-order chi connectivity index (χ0) is 13.9. The summed E-state index contributed by atoms with van der Waals surface area (Å²) < 4.78 is 0. The smallest absolute Gasteiger partial charge is 0.241 e. The van der Waals surface area contributed by atoms with Crippen molar-refractivity contribution >= 4 is 22.8 Å². The van der Waals surface area contributed by atoms with Gasteiger partial charge in [0, 0.05) is 18.3 Å². The first-order chi connectivity index (χ1) is 8.94. The Bertz CT molecular complexity index is 356. The van der Waals surface area contributed by atoms with Crippen LogP contribution in [-0.4, -0.2) is 47.4 Å². The summed E-state index contributed by atoms with van der Waals surface area (Å²) in [5, 5.41) is 4.70. The van der Waals surface area contributed by atoms with Crippen molar-refractivity contribution in [1.29, 1.82) is 0 Å². The second-order valence-corrected chi connectivity index (χ2v) is 7.88. The average molecular weight is 283 g/mol. The minimum atomic E-state index is 0.208. The minimum Gasteiger partial charge on any atom is -0.356 e. The van der Waals surface area contributed by atoms with Gasteiger partial charge in [-0.05, 0) is 24.7 Å². The molecule has 1 saturated heterocycles. The summed E-state index contributed by atoms with van der Waals surface area (Å²) in [6, 6.07) is 0. The van der Waals surface area contributed by atoms with Gasteiger partial charge in [-0.3, -0.25) is 9.79 Å². The maximum Gasteiger partial charge on any atom is 0.241 e. The largest absolute Gasteiger partial charge is 0.356 e. The van der Waals surface area contributed by atoms with E-state index in [1.54, 1.807) is 11.8 Å². The van der Waals surface area contributed by atoms with Crippen LogP contribution in [0, 0.1) is 5.41 Å². The lowest BCUT2D eigenvalue weighted by Crippen LogP contribution is -2.37. The second kappa shape index (κ2) is 6.16. The molecule has 2 rings (SSSR count). The van der Waals surface area contributed by atoms with Gasteiger partial charge in [-0.1, -0.05) is 32.5 Å². The molecule has 0 bridgehead atoms. The SMILES string of the molecule is CC(C)(C)CC1CN=C(NCC(=O)N2CCCC2)S1. The normalized spacial score (nSPS) is 23.6. The van der Waals surface area contributed by atoms with Crippen LogP contribution in [0.5, 0.6) is 0 Å². The van der Waals surface area contributed by atoms with E-state index in [0.717, 1.165) is 44.1 Å². The van der Waals surface area contributed by atoms with Crippen LogP contribution in [0.3, 0.4) is 0 Å². The molecule has 2 heterocycles. The van der Waals surface area contributed by atoms with Crippen LogP contribution in [0.25, 0.3) is 0 Å². The fourth-order valence-electron chi connectivity index (χ4n) is 2.53. The maximum atomic E-state index is 11.9. The van der Waals surface area contributed by atoms with Crippen molar-refractivity contribution in [2.75, 3.05) is 26.2 Å². The highest BCUT2D eigenvalue weighted by Gasteiger charge is 2.25. The molecule has 0 aromatic carbocycles. The molecular weight excluding hydrogens is 258 g/mol. The number of hydrogen-bond donors (Lipinski definition) is 1. The summed E-state index contributed by atoms with van der Waals surface area (Å²) in [5.41, 5.74) is 0.341. The number of nitrogens with one attached hydrogen (secondary N) is 1. The highest BCUT2D eigenvalue weighted by molar-refractivity contribution is 8.14. The van der Waals surface area contributed by atoms with Gasteiger partial charge in [0.05, 0.1) is 13.1 Å². The third-order valence-corrected chi connectivity index (χ3v) is 4.55. The van der Waals surface area contributed by atoms with Crippen LogP contribution in [0.15, 0.2) is 4.99 Å². The standard InChI is InChI=1S/C14H25N3OS/c1-14(2,3)8-11-9-15-13(19-11)16-10-12(18)17-6-4-5-7-17/h11H,4-10H2,1-3H3,(H,15,16). The molecule has 1 atom stereocenters. The van der Waals surface area contributed by atoms with E-state index in [-0.39, 0.29) is 5.91 Å². The molecule has 2 aliphatic heterocycles. The maximum absolute atomic E-state index is 11.9. The molecule has 4 nitrogen and oxygen atoms in total. The highest BCUT2D eigenvalue weighted by atomic mass is 32.2. The number of carbonyl (C=O) groups excluding carboxylic acids is 1. The summed E-state index contributed by atoms with van der Waals surface area (Å²) in [4.78, 5) is 18.4. The predicted octanol–water partition coefficient (Wildman–Crippen LogP) is 2.11.